The van der Waals surface area contributed by atoms with Gasteiger partial charge in [-0.15, -0.1) is 0 Å². The van der Waals surface area contributed by atoms with Gasteiger partial charge in [-0.25, -0.2) is 9.98 Å². The van der Waals surface area contributed by atoms with Gasteiger partial charge >= 0.3 is 0 Å². The summed E-state index contributed by atoms with van der Waals surface area (Å²) in [4.78, 5) is 25.0. The van der Waals surface area contributed by atoms with Gasteiger partial charge in [0, 0.05) is 58.7 Å². The van der Waals surface area contributed by atoms with Gasteiger partial charge in [0.1, 0.15) is 12.4 Å². The summed E-state index contributed by atoms with van der Waals surface area (Å²) in [6.07, 6.45) is 5.88. The van der Waals surface area contributed by atoms with Crippen molar-refractivity contribution in [1.82, 2.24) is 30.0 Å². The highest BCUT2D eigenvalue weighted by Crippen LogP contribution is 2.10. The molecule has 2 rings (SSSR count). The Kier molecular flexibility index (Phi) is 8.76. The molecule has 1 aliphatic rings. The average molecular weight is 392 g/mol. The maximum atomic E-state index is 11.9. The molecule has 1 fully saturated rings. The zero-order chi connectivity index (χ0) is 20.5. The summed E-state index contributed by atoms with van der Waals surface area (Å²) in [7, 11) is 3.62. The van der Waals surface area contributed by atoms with Gasteiger partial charge in [-0.05, 0) is 25.7 Å². The van der Waals surface area contributed by atoms with Crippen molar-refractivity contribution in [3.8, 4) is 0 Å². The van der Waals surface area contributed by atoms with Crippen LogP contribution in [0.4, 0.5) is 0 Å². The van der Waals surface area contributed by atoms with Crippen LogP contribution >= 0.6 is 0 Å². The van der Waals surface area contributed by atoms with Crippen LogP contribution in [-0.4, -0.2) is 77.5 Å². The van der Waals surface area contributed by atoms with Crippen molar-refractivity contribution in [2.24, 2.45) is 10.9 Å². The van der Waals surface area contributed by atoms with E-state index in [0.29, 0.717) is 25.0 Å². The highest BCUT2D eigenvalue weighted by atomic mass is 16.2. The van der Waals surface area contributed by atoms with Crippen LogP contribution in [0, 0.1) is 5.92 Å². The molecule has 0 bridgehead atoms. The fourth-order valence-corrected chi connectivity index (χ4v) is 3.28. The first kappa shape index (κ1) is 22.2. The predicted molar refractivity (Wildman–Crippen MR) is 113 cm³/mol. The first-order valence-electron chi connectivity index (χ1n) is 10.4. The van der Waals surface area contributed by atoms with Crippen molar-refractivity contribution in [3.05, 3.63) is 18.2 Å². The summed E-state index contributed by atoms with van der Waals surface area (Å²) in [5.41, 5.74) is 0. The number of aromatic nitrogens is 2. The Morgan fingerprint density at radius 1 is 1.36 bits per heavy atom. The highest BCUT2D eigenvalue weighted by molar-refractivity contribution is 5.80. The second-order valence-electron chi connectivity index (χ2n) is 8.07. The fraction of sp³-hybridized carbons (Fsp3) is 0.750. The number of carbonyl (C=O) groups is 1. The van der Waals surface area contributed by atoms with Crippen molar-refractivity contribution in [1.29, 1.82) is 0 Å². The molecule has 2 N–H and O–H groups in total. The Morgan fingerprint density at radius 3 is 2.68 bits per heavy atom. The summed E-state index contributed by atoms with van der Waals surface area (Å²) >= 11 is 0. The molecule has 0 atom stereocenters. The number of carbonyl (C=O) groups excluding carboxylic acids is 1. The average Bonchev–Trinajstić information content (AvgIpc) is 3.07. The molecule has 1 aromatic heterocycles. The highest BCUT2D eigenvalue weighted by Gasteiger charge is 2.22. The topological polar surface area (TPSA) is 77.8 Å². The molecule has 8 nitrogen and oxygen atoms in total. The number of amides is 1. The van der Waals surface area contributed by atoms with Crippen molar-refractivity contribution in [3.63, 3.8) is 0 Å². The lowest BCUT2D eigenvalue weighted by molar-refractivity contribution is -0.130. The first-order valence-corrected chi connectivity index (χ1v) is 10.4. The van der Waals surface area contributed by atoms with Crippen molar-refractivity contribution < 1.29 is 4.79 Å². The Hall–Kier alpha value is -2.09. The molecule has 28 heavy (non-hydrogen) atoms. The van der Waals surface area contributed by atoms with E-state index in [1.807, 2.05) is 26.5 Å². The van der Waals surface area contributed by atoms with Gasteiger partial charge in [0.05, 0.1) is 6.54 Å². The number of rotatable bonds is 8. The van der Waals surface area contributed by atoms with E-state index in [9.17, 15) is 4.79 Å². The Labute approximate surface area is 169 Å². The Bertz CT molecular complexity index is 630. The number of guanidine groups is 1. The molecule has 1 aliphatic heterocycles. The minimum absolute atomic E-state index is 0.165. The zero-order valence-electron chi connectivity index (χ0n) is 18.1. The predicted octanol–water partition coefficient (Wildman–Crippen LogP) is 1.15. The minimum Gasteiger partial charge on any atom is -0.357 e. The molecule has 158 valence electrons. The second-order valence-corrected chi connectivity index (χ2v) is 8.07. The van der Waals surface area contributed by atoms with Gasteiger partial charge in [-0.1, -0.05) is 13.8 Å². The Balaban J connectivity index is 1.87. The van der Waals surface area contributed by atoms with E-state index in [4.69, 9.17) is 4.99 Å². The standard InChI is InChI=1S/C20H37N7O/c1-6-21-20(23-13-18-22-9-12-27(18)14-16(2)3)24-17-7-10-26(11-8-17)15-19(28)25(4)5/h9,12,16-17H,6-8,10-11,13-15H2,1-5H3,(H2,21,23,24). The van der Waals surface area contributed by atoms with Crippen LogP contribution in [0.5, 0.6) is 0 Å². The van der Waals surface area contributed by atoms with E-state index in [2.05, 4.69) is 45.9 Å². The number of hydrogen-bond acceptors (Lipinski definition) is 4. The third-order valence-electron chi connectivity index (χ3n) is 4.87. The summed E-state index contributed by atoms with van der Waals surface area (Å²) in [6, 6.07) is 0.374. The summed E-state index contributed by atoms with van der Waals surface area (Å²) in [5.74, 6) is 2.57. The number of imidazole rings is 1. The Morgan fingerprint density at radius 2 is 2.07 bits per heavy atom. The summed E-state index contributed by atoms with van der Waals surface area (Å²) in [5, 5.41) is 6.89. The van der Waals surface area contributed by atoms with E-state index in [-0.39, 0.29) is 5.91 Å². The quantitative estimate of drug-likeness (QED) is 0.513. The van der Waals surface area contributed by atoms with E-state index < -0.39 is 0 Å². The van der Waals surface area contributed by atoms with Crippen LogP contribution in [0.2, 0.25) is 0 Å². The second kappa shape index (κ2) is 11.0. The van der Waals surface area contributed by atoms with E-state index in [1.54, 1.807) is 4.90 Å². The lowest BCUT2D eigenvalue weighted by Crippen LogP contribution is -2.50. The van der Waals surface area contributed by atoms with Gasteiger partial charge in [0.2, 0.25) is 5.91 Å². The van der Waals surface area contributed by atoms with Gasteiger partial charge < -0.3 is 20.1 Å². The number of likely N-dealkylation sites (N-methyl/N-ethyl adjacent to an activating group) is 1. The van der Waals surface area contributed by atoms with Gasteiger partial charge in [-0.3, -0.25) is 9.69 Å². The summed E-state index contributed by atoms with van der Waals surface area (Å²) in [6.45, 7) is 11.2. The van der Waals surface area contributed by atoms with Crippen molar-refractivity contribution >= 4 is 11.9 Å². The molecule has 0 radical (unpaired) electrons. The third-order valence-corrected chi connectivity index (χ3v) is 4.87. The minimum atomic E-state index is 0.165. The summed E-state index contributed by atoms with van der Waals surface area (Å²) < 4.78 is 2.18. The molecule has 1 amide bonds. The molecule has 2 heterocycles. The molecule has 8 heteroatoms. The zero-order valence-corrected chi connectivity index (χ0v) is 18.1. The van der Waals surface area contributed by atoms with Crippen LogP contribution < -0.4 is 10.6 Å². The van der Waals surface area contributed by atoms with Crippen LogP contribution in [0.3, 0.4) is 0 Å². The van der Waals surface area contributed by atoms with Gasteiger partial charge in [0.15, 0.2) is 5.96 Å². The van der Waals surface area contributed by atoms with Crippen molar-refractivity contribution in [2.45, 2.75) is 52.7 Å². The molecular formula is C20H37N7O. The first-order chi connectivity index (χ1) is 13.4. The van der Waals surface area contributed by atoms with Crippen LogP contribution in [0.1, 0.15) is 39.4 Å². The van der Waals surface area contributed by atoms with Gasteiger partial charge in [-0.2, -0.15) is 0 Å². The van der Waals surface area contributed by atoms with Crippen molar-refractivity contribution in [2.75, 3.05) is 40.3 Å². The number of aliphatic imine (C=N–C) groups is 1. The normalized spacial score (nSPS) is 16.4. The van der Waals surface area contributed by atoms with Crippen LogP contribution in [0.15, 0.2) is 17.4 Å². The molecule has 0 saturated carbocycles. The molecule has 0 spiro atoms. The molecule has 1 saturated heterocycles. The molecule has 1 aromatic rings. The monoisotopic (exact) mass is 391 g/mol. The number of likely N-dealkylation sites (tertiary alicyclic amines) is 1. The van der Waals surface area contributed by atoms with Crippen LogP contribution in [-0.2, 0) is 17.9 Å². The number of nitrogens with one attached hydrogen (secondary N) is 2. The SMILES string of the molecule is CCNC(=NCc1nccn1CC(C)C)NC1CCN(CC(=O)N(C)C)CC1. The number of nitrogens with zero attached hydrogens (tertiary/aromatic N) is 5. The molecule has 0 aliphatic carbocycles. The smallest absolute Gasteiger partial charge is 0.236 e. The molecule has 0 unspecified atom stereocenters. The lowest BCUT2D eigenvalue weighted by Gasteiger charge is -2.33. The maximum Gasteiger partial charge on any atom is 0.236 e. The molecular weight excluding hydrogens is 354 g/mol. The largest absolute Gasteiger partial charge is 0.357 e. The molecule has 0 aromatic carbocycles. The third kappa shape index (κ3) is 7.14. The number of hydrogen-bond donors (Lipinski definition) is 2. The fourth-order valence-electron chi connectivity index (χ4n) is 3.28. The van der Waals surface area contributed by atoms with Crippen LogP contribution in [0.25, 0.3) is 0 Å². The van der Waals surface area contributed by atoms with E-state index in [0.717, 1.165) is 50.8 Å². The maximum absolute atomic E-state index is 11.9. The number of piperidine rings is 1. The van der Waals surface area contributed by atoms with Gasteiger partial charge in [0.25, 0.3) is 0 Å². The van der Waals surface area contributed by atoms with E-state index >= 15 is 0 Å². The lowest BCUT2D eigenvalue weighted by atomic mass is 10.1. The van der Waals surface area contributed by atoms with E-state index in [1.165, 1.54) is 0 Å².